The van der Waals surface area contributed by atoms with Gasteiger partial charge in [0.25, 0.3) is 0 Å². The van der Waals surface area contributed by atoms with E-state index < -0.39 is 8.80 Å². The first-order valence-corrected chi connectivity index (χ1v) is 12.0. The highest BCUT2D eigenvalue weighted by Crippen LogP contribution is 2.14. The molecule has 1 aromatic carbocycles. The van der Waals surface area contributed by atoms with Gasteiger partial charge in [0.15, 0.2) is 0 Å². The van der Waals surface area contributed by atoms with Gasteiger partial charge < -0.3 is 13.3 Å². The molecule has 0 radical (unpaired) electrons. The maximum atomic E-state index is 6.25. The summed E-state index contributed by atoms with van der Waals surface area (Å²) in [4.78, 5) is 0. The van der Waals surface area contributed by atoms with E-state index in [1.54, 1.807) is 0 Å². The molecule has 0 aliphatic carbocycles. The molecular formula is C21H38O3Si. The van der Waals surface area contributed by atoms with Gasteiger partial charge in [0.05, 0.1) is 0 Å². The molecule has 3 nitrogen and oxygen atoms in total. The minimum atomic E-state index is -2.76. The molecule has 0 spiro atoms. The second-order valence-corrected chi connectivity index (χ2v) is 9.02. The Hall–Kier alpha value is -0.683. The maximum absolute atomic E-state index is 6.25. The fourth-order valence-electron chi connectivity index (χ4n) is 3.02. The van der Waals surface area contributed by atoms with Crippen LogP contribution in [0, 0.1) is 0 Å². The zero-order valence-corrected chi connectivity index (χ0v) is 17.6. The van der Waals surface area contributed by atoms with Crippen molar-refractivity contribution in [2.75, 3.05) is 19.8 Å². The average Bonchev–Trinajstić information content (AvgIpc) is 2.64. The highest BCUT2D eigenvalue weighted by Gasteiger charge is 2.43. The van der Waals surface area contributed by atoms with Crippen molar-refractivity contribution in [2.24, 2.45) is 0 Å². The Balaban J connectivity index is 2.34. The topological polar surface area (TPSA) is 27.7 Å². The third-order valence-corrected chi connectivity index (χ3v) is 7.30. The van der Waals surface area contributed by atoms with Crippen molar-refractivity contribution < 1.29 is 13.3 Å². The van der Waals surface area contributed by atoms with Crippen LogP contribution in [0.2, 0.25) is 0 Å². The Morgan fingerprint density at radius 2 is 1.16 bits per heavy atom. The predicted octanol–water partition coefficient (Wildman–Crippen LogP) is 5.45. The van der Waals surface area contributed by atoms with Gasteiger partial charge in [-0.25, -0.2) is 0 Å². The van der Waals surface area contributed by atoms with Crippen LogP contribution in [0.5, 0.6) is 0 Å². The Morgan fingerprint density at radius 3 is 1.68 bits per heavy atom. The normalized spacial score (nSPS) is 11.8. The van der Waals surface area contributed by atoms with Gasteiger partial charge in [-0.2, -0.15) is 0 Å². The summed E-state index contributed by atoms with van der Waals surface area (Å²) in [5.74, 6) is 0. The van der Waals surface area contributed by atoms with E-state index in [0.29, 0.717) is 13.2 Å². The summed E-state index contributed by atoms with van der Waals surface area (Å²) in [6, 6.07) is 10.2. The summed E-state index contributed by atoms with van der Waals surface area (Å²) in [5.41, 5.74) is 0. The average molecular weight is 367 g/mol. The van der Waals surface area contributed by atoms with Gasteiger partial charge in [0.1, 0.15) is 0 Å². The lowest BCUT2D eigenvalue weighted by atomic mass is 10.1. The van der Waals surface area contributed by atoms with Crippen LogP contribution < -0.4 is 5.19 Å². The summed E-state index contributed by atoms with van der Waals surface area (Å²) < 4.78 is 18.3. The van der Waals surface area contributed by atoms with Crippen molar-refractivity contribution in [1.82, 2.24) is 0 Å². The van der Waals surface area contributed by atoms with E-state index in [9.17, 15) is 0 Å². The molecule has 25 heavy (non-hydrogen) atoms. The van der Waals surface area contributed by atoms with Crippen LogP contribution in [0.25, 0.3) is 0 Å². The van der Waals surface area contributed by atoms with Crippen LogP contribution in [-0.2, 0) is 13.3 Å². The smallest absolute Gasteiger partial charge is 0.370 e. The molecule has 0 bridgehead atoms. The van der Waals surface area contributed by atoms with Crippen LogP contribution in [0.4, 0.5) is 0 Å². The third kappa shape index (κ3) is 9.00. The van der Waals surface area contributed by atoms with E-state index in [1.165, 1.54) is 51.4 Å². The van der Waals surface area contributed by atoms with Gasteiger partial charge in [-0.05, 0) is 20.3 Å². The second-order valence-electron chi connectivity index (χ2n) is 6.47. The van der Waals surface area contributed by atoms with Crippen LogP contribution in [-0.4, -0.2) is 28.6 Å². The van der Waals surface area contributed by atoms with Crippen LogP contribution >= 0.6 is 0 Å². The van der Waals surface area contributed by atoms with Gasteiger partial charge >= 0.3 is 8.80 Å². The van der Waals surface area contributed by atoms with E-state index in [-0.39, 0.29) is 0 Å². The first kappa shape index (κ1) is 22.4. The summed E-state index contributed by atoms with van der Waals surface area (Å²) in [5, 5.41) is 1.06. The molecule has 1 aromatic rings. The zero-order valence-electron chi connectivity index (χ0n) is 16.6. The number of hydrogen-bond donors (Lipinski definition) is 0. The Bertz CT molecular complexity index is 405. The van der Waals surface area contributed by atoms with Crippen molar-refractivity contribution in [3.63, 3.8) is 0 Å². The van der Waals surface area contributed by atoms with Crippen LogP contribution in [0.3, 0.4) is 0 Å². The molecule has 4 heteroatoms. The van der Waals surface area contributed by atoms with Crippen molar-refractivity contribution in [3.05, 3.63) is 30.3 Å². The standard InChI is InChI=1S/C21H38O3Si/c1-4-7-8-9-10-11-12-13-17-20-24-25(22-5-2,23-6-3)21-18-15-14-16-19-21/h14-16,18-19H,4-13,17,20H2,1-3H3. The summed E-state index contributed by atoms with van der Waals surface area (Å²) in [7, 11) is -2.76. The highest BCUT2D eigenvalue weighted by atomic mass is 28.4. The Morgan fingerprint density at radius 1 is 0.640 bits per heavy atom. The van der Waals surface area contributed by atoms with E-state index in [2.05, 4.69) is 19.1 Å². The number of unbranched alkanes of at least 4 members (excludes halogenated alkanes) is 8. The summed E-state index contributed by atoms with van der Waals surface area (Å²) in [6.07, 6.45) is 11.8. The molecule has 0 amide bonds. The molecule has 0 fully saturated rings. The van der Waals surface area contributed by atoms with Gasteiger partial charge in [0, 0.05) is 25.0 Å². The van der Waals surface area contributed by atoms with Crippen molar-refractivity contribution in [3.8, 4) is 0 Å². The van der Waals surface area contributed by atoms with E-state index in [1.807, 2.05) is 32.0 Å². The van der Waals surface area contributed by atoms with Gasteiger partial charge in [-0.3, -0.25) is 0 Å². The number of benzene rings is 1. The Labute approximate surface area is 156 Å². The minimum absolute atomic E-state index is 0.610. The molecular weight excluding hydrogens is 328 g/mol. The number of rotatable bonds is 16. The fourth-order valence-corrected chi connectivity index (χ4v) is 5.54. The molecule has 0 saturated carbocycles. The SMILES string of the molecule is CCCCCCCCCCCO[Si](OCC)(OCC)c1ccccc1. The number of hydrogen-bond acceptors (Lipinski definition) is 3. The van der Waals surface area contributed by atoms with E-state index >= 15 is 0 Å². The van der Waals surface area contributed by atoms with Gasteiger partial charge in [-0.15, -0.1) is 0 Å². The molecule has 0 heterocycles. The van der Waals surface area contributed by atoms with Gasteiger partial charge in [-0.1, -0.05) is 88.6 Å². The van der Waals surface area contributed by atoms with Crippen LogP contribution in [0.15, 0.2) is 30.3 Å². The van der Waals surface area contributed by atoms with Crippen molar-refractivity contribution >= 4 is 14.0 Å². The second kappa shape index (κ2) is 14.5. The quantitative estimate of drug-likeness (QED) is 0.287. The summed E-state index contributed by atoms with van der Waals surface area (Å²) >= 11 is 0. The monoisotopic (exact) mass is 366 g/mol. The molecule has 0 unspecified atom stereocenters. The molecule has 0 saturated heterocycles. The first-order valence-electron chi connectivity index (χ1n) is 10.3. The fraction of sp³-hybridized carbons (Fsp3) is 0.714. The predicted molar refractivity (Wildman–Crippen MR) is 108 cm³/mol. The molecule has 0 N–H and O–H groups in total. The minimum Gasteiger partial charge on any atom is -0.370 e. The molecule has 0 aromatic heterocycles. The molecule has 0 atom stereocenters. The third-order valence-electron chi connectivity index (χ3n) is 4.34. The molecule has 1 rings (SSSR count). The first-order chi connectivity index (χ1) is 12.3. The van der Waals surface area contributed by atoms with Crippen LogP contribution in [0.1, 0.15) is 78.6 Å². The maximum Gasteiger partial charge on any atom is 0.537 e. The van der Waals surface area contributed by atoms with E-state index in [0.717, 1.165) is 18.2 Å². The lowest BCUT2D eigenvalue weighted by Crippen LogP contribution is -2.57. The highest BCUT2D eigenvalue weighted by molar-refractivity contribution is 6.75. The van der Waals surface area contributed by atoms with Crippen molar-refractivity contribution in [1.29, 1.82) is 0 Å². The largest absolute Gasteiger partial charge is 0.537 e. The Kier molecular flexibility index (Phi) is 13.0. The van der Waals surface area contributed by atoms with Crippen molar-refractivity contribution in [2.45, 2.75) is 78.6 Å². The van der Waals surface area contributed by atoms with E-state index in [4.69, 9.17) is 13.3 Å². The van der Waals surface area contributed by atoms with Gasteiger partial charge in [0.2, 0.25) is 0 Å². The molecule has 0 aliphatic heterocycles. The summed E-state index contributed by atoms with van der Waals surface area (Å²) in [6.45, 7) is 8.22. The lowest BCUT2D eigenvalue weighted by molar-refractivity contribution is 0.0798. The molecule has 0 aliphatic rings. The lowest BCUT2D eigenvalue weighted by Gasteiger charge is -2.29. The zero-order chi connectivity index (χ0) is 18.2. The molecule has 144 valence electrons.